The molecule has 5 heteroatoms. The Balaban J connectivity index is 1.54. The van der Waals surface area contributed by atoms with Crippen LogP contribution in [-0.4, -0.2) is 16.8 Å². The van der Waals surface area contributed by atoms with Gasteiger partial charge in [0.05, 0.1) is 0 Å². The number of rotatable bonds is 4. The average Bonchev–Trinajstić information content (AvgIpc) is 2.57. The molecule has 26 heavy (non-hydrogen) atoms. The van der Waals surface area contributed by atoms with Crippen molar-refractivity contribution >= 4 is 45.5 Å². The highest BCUT2D eigenvalue weighted by atomic mass is 32.1. The number of nitrogens with one attached hydrogen (secondary N) is 2. The van der Waals surface area contributed by atoms with E-state index in [0.29, 0.717) is 11.5 Å². The molecule has 0 spiro atoms. The summed E-state index contributed by atoms with van der Waals surface area (Å²) in [5.74, 6) is 0.367. The number of carbonyl (C=O) groups excluding carboxylic acids is 2. The summed E-state index contributed by atoms with van der Waals surface area (Å²) in [7, 11) is 0. The van der Waals surface area contributed by atoms with Gasteiger partial charge in [0.1, 0.15) is 5.78 Å². The molecule has 0 heterocycles. The fraction of sp³-hybridized carbons (Fsp3) is 0.381. The van der Waals surface area contributed by atoms with Gasteiger partial charge >= 0.3 is 0 Å². The van der Waals surface area contributed by atoms with Crippen LogP contribution in [0, 0.1) is 17.3 Å². The average molecular weight is 369 g/mol. The van der Waals surface area contributed by atoms with Crippen LogP contribution in [0.15, 0.2) is 42.5 Å². The fourth-order valence-corrected chi connectivity index (χ4v) is 4.11. The fourth-order valence-electron chi connectivity index (χ4n) is 3.88. The Morgan fingerprint density at radius 1 is 1.15 bits per heavy atom. The molecule has 3 rings (SSSR count). The topological polar surface area (TPSA) is 58.2 Å². The number of anilines is 1. The maximum atomic E-state index is 12.3. The SMILES string of the molecule is CC(=O)[C@@H]1C[C@@H](CC(=O)NC(=S)Nc2ccc3ccccc3c2)C1(C)C. The summed E-state index contributed by atoms with van der Waals surface area (Å²) in [6.07, 6.45) is 1.16. The number of hydrogen-bond acceptors (Lipinski definition) is 3. The van der Waals surface area contributed by atoms with Crippen LogP contribution in [0.1, 0.15) is 33.6 Å². The van der Waals surface area contributed by atoms with Crippen LogP contribution in [0.2, 0.25) is 0 Å². The molecule has 2 aromatic rings. The van der Waals surface area contributed by atoms with Gasteiger partial charge in [-0.2, -0.15) is 0 Å². The molecule has 2 atom stereocenters. The summed E-state index contributed by atoms with van der Waals surface area (Å²) < 4.78 is 0. The maximum Gasteiger partial charge on any atom is 0.226 e. The lowest BCUT2D eigenvalue weighted by Crippen LogP contribution is -2.50. The van der Waals surface area contributed by atoms with E-state index in [1.54, 1.807) is 6.92 Å². The smallest absolute Gasteiger partial charge is 0.226 e. The van der Waals surface area contributed by atoms with Gasteiger partial charge in [0.15, 0.2) is 5.11 Å². The second-order valence-electron chi connectivity index (χ2n) is 7.69. The number of ketones is 1. The Morgan fingerprint density at radius 3 is 2.50 bits per heavy atom. The molecule has 136 valence electrons. The van der Waals surface area contributed by atoms with Gasteiger partial charge in [-0.1, -0.05) is 44.2 Å². The van der Waals surface area contributed by atoms with E-state index in [2.05, 4.69) is 24.5 Å². The predicted molar refractivity (Wildman–Crippen MR) is 109 cm³/mol. The zero-order valence-electron chi connectivity index (χ0n) is 15.3. The minimum atomic E-state index is -0.128. The van der Waals surface area contributed by atoms with Crippen molar-refractivity contribution in [3.05, 3.63) is 42.5 Å². The van der Waals surface area contributed by atoms with Gasteiger partial charge in [0, 0.05) is 18.0 Å². The van der Waals surface area contributed by atoms with E-state index >= 15 is 0 Å². The first-order valence-corrected chi connectivity index (χ1v) is 9.28. The molecule has 0 aromatic heterocycles. The van der Waals surface area contributed by atoms with Crippen molar-refractivity contribution in [1.82, 2.24) is 5.32 Å². The quantitative estimate of drug-likeness (QED) is 0.790. The predicted octanol–water partition coefficient (Wildman–Crippen LogP) is 4.29. The first-order valence-electron chi connectivity index (χ1n) is 8.87. The van der Waals surface area contributed by atoms with Crippen molar-refractivity contribution in [1.29, 1.82) is 0 Å². The number of benzene rings is 2. The van der Waals surface area contributed by atoms with E-state index in [4.69, 9.17) is 12.2 Å². The molecule has 0 unspecified atom stereocenters. The summed E-state index contributed by atoms with van der Waals surface area (Å²) in [6, 6.07) is 14.0. The minimum Gasteiger partial charge on any atom is -0.332 e. The Bertz CT molecular complexity index is 875. The first kappa shape index (κ1) is 18.5. The molecule has 1 saturated carbocycles. The highest BCUT2D eigenvalue weighted by molar-refractivity contribution is 7.80. The van der Waals surface area contributed by atoms with E-state index in [1.165, 1.54) is 0 Å². The van der Waals surface area contributed by atoms with E-state index in [1.807, 2.05) is 42.5 Å². The van der Waals surface area contributed by atoms with Crippen molar-refractivity contribution in [2.24, 2.45) is 17.3 Å². The number of fused-ring (bicyclic) bond motifs is 1. The Hall–Kier alpha value is -2.27. The molecule has 0 aliphatic heterocycles. The summed E-state index contributed by atoms with van der Waals surface area (Å²) in [5, 5.41) is 8.38. The molecule has 0 saturated heterocycles. The van der Waals surface area contributed by atoms with E-state index < -0.39 is 0 Å². The molecule has 1 fully saturated rings. The normalized spacial score (nSPS) is 20.9. The Labute approximate surface area is 159 Å². The molecular formula is C21H24N2O2S. The van der Waals surface area contributed by atoms with Gasteiger partial charge in [0.2, 0.25) is 5.91 Å². The zero-order chi connectivity index (χ0) is 18.9. The molecule has 1 aliphatic rings. The van der Waals surface area contributed by atoms with Crippen LogP contribution in [0.3, 0.4) is 0 Å². The number of thiocarbonyl (C=S) groups is 1. The largest absolute Gasteiger partial charge is 0.332 e. The van der Waals surface area contributed by atoms with Crippen LogP contribution in [-0.2, 0) is 9.59 Å². The van der Waals surface area contributed by atoms with Crippen LogP contribution in [0.4, 0.5) is 5.69 Å². The third kappa shape index (κ3) is 3.78. The number of amides is 1. The second kappa shape index (κ2) is 7.16. The van der Waals surface area contributed by atoms with E-state index in [-0.39, 0.29) is 28.9 Å². The molecule has 2 N–H and O–H groups in total. The molecule has 0 radical (unpaired) electrons. The van der Waals surface area contributed by atoms with Gasteiger partial charge in [-0.05, 0) is 59.8 Å². The molecule has 2 aromatic carbocycles. The second-order valence-corrected chi connectivity index (χ2v) is 8.09. The first-order chi connectivity index (χ1) is 12.3. The van der Waals surface area contributed by atoms with Crippen molar-refractivity contribution < 1.29 is 9.59 Å². The highest BCUT2D eigenvalue weighted by Gasteiger charge is 2.50. The van der Waals surface area contributed by atoms with Gasteiger partial charge in [-0.3, -0.25) is 9.59 Å². The number of carbonyl (C=O) groups is 2. The van der Waals surface area contributed by atoms with Crippen LogP contribution < -0.4 is 10.6 Å². The molecule has 1 aliphatic carbocycles. The van der Waals surface area contributed by atoms with Crippen molar-refractivity contribution in [3.8, 4) is 0 Å². The lowest BCUT2D eigenvalue weighted by atomic mass is 9.52. The van der Waals surface area contributed by atoms with Gasteiger partial charge in [-0.15, -0.1) is 0 Å². The minimum absolute atomic E-state index is 0.0583. The van der Waals surface area contributed by atoms with Crippen LogP contribution in [0.25, 0.3) is 10.8 Å². The zero-order valence-corrected chi connectivity index (χ0v) is 16.2. The number of hydrogen-bond donors (Lipinski definition) is 2. The maximum absolute atomic E-state index is 12.3. The Morgan fingerprint density at radius 2 is 1.85 bits per heavy atom. The lowest BCUT2D eigenvalue weighted by Gasteiger charge is -2.51. The van der Waals surface area contributed by atoms with E-state index in [9.17, 15) is 9.59 Å². The molecular weight excluding hydrogens is 344 g/mol. The van der Waals surface area contributed by atoms with Gasteiger partial charge < -0.3 is 10.6 Å². The van der Waals surface area contributed by atoms with Gasteiger partial charge in [0.25, 0.3) is 0 Å². The standard InChI is InChI=1S/C21H24N2O2S/c1-13(24)18-11-16(21(18,2)3)12-19(25)23-20(26)22-17-9-8-14-6-4-5-7-15(14)10-17/h4-10,16,18H,11-12H2,1-3H3,(H2,22,23,25,26)/t16-,18-/m0/s1. The van der Waals surface area contributed by atoms with E-state index in [0.717, 1.165) is 22.9 Å². The lowest BCUT2D eigenvalue weighted by molar-refractivity contribution is -0.140. The Kier molecular flexibility index (Phi) is 5.10. The van der Waals surface area contributed by atoms with Crippen molar-refractivity contribution in [3.63, 3.8) is 0 Å². The summed E-state index contributed by atoms with van der Waals surface area (Å²) in [6.45, 7) is 5.75. The summed E-state index contributed by atoms with van der Waals surface area (Å²) in [4.78, 5) is 23.9. The van der Waals surface area contributed by atoms with Crippen LogP contribution in [0.5, 0.6) is 0 Å². The van der Waals surface area contributed by atoms with Crippen LogP contribution >= 0.6 is 12.2 Å². The summed E-state index contributed by atoms with van der Waals surface area (Å²) in [5.41, 5.74) is 0.714. The third-order valence-corrected chi connectivity index (χ3v) is 5.86. The van der Waals surface area contributed by atoms with Crippen molar-refractivity contribution in [2.75, 3.05) is 5.32 Å². The van der Waals surface area contributed by atoms with Gasteiger partial charge in [-0.25, -0.2) is 0 Å². The molecule has 1 amide bonds. The van der Waals surface area contributed by atoms with Crippen molar-refractivity contribution in [2.45, 2.75) is 33.6 Å². The summed E-state index contributed by atoms with van der Waals surface area (Å²) >= 11 is 5.27. The highest BCUT2D eigenvalue weighted by Crippen LogP contribution is 2.53. The molecule has 4 nitrogen and oxygen atoms in total. The molecule has 0 bridgehead atoms. The third-order valence-electron chi connectivity index (χ3n) is 5.65. The number of Topliss-reactive ketones (excluding diaryl/α,β-unsaturated/α-hetero) is 1. The monoisotopic (exact) mass is 368 g/mol.